The highest BCUT2D eigenvalue weighted by molar-refractivity contribution is 8.01. The van der Waals surface area contributed by atoms with Crippen LogP contribution in [0.4, 0.5) is 0 Å². The van der Waals surface area contributed by atoms with Crippen molar-refractivity contribution in [3.05, 3.63) is 108 Å². The summed E-state index contributed by atoms with van der Waals surface area (Å²) in [6.45, 7) is 0. The van der Waals surface area contributed by atoms with Crippen molar-refractivity contribution in [2.75, 3.05) is 0 Å². The monoisotopic (exact) mass is 345 g/mol. The maximum atomic E-state index is 2.32. The molecule has 0 atom stereocenters. The topological polar surface area (TPSA) is 0 Å². The lowest BCUT2D eigenvalue weighted by Crippen LogP contribution is -2.37. The van der Waals surface area contributed by atoms with Gasteiger partial charge in [-0.25, -0.2) is 0 Å². The Bertz CT molecular complexity index is 788. The molecule has 0 N–H and O–H groups in total. The van der Waals surface area contributed by atoms with Gasteiger partial charge in [-0.2, -0.15) is 0 Å². The molecule has 4 rings (SSSR count). The third-order valence-electron chi connectivity index (χ3n) is 4.32. The Kier molecular flexibility index (Phi) is 4.30. The second-order valence-electron chi connectivity index (χ2n) is 5.66. The highest BCUT2D eigenvalue weighted by atomic mass is 32.1. The van der Waals surface area contributed by atoms with Crippen molar-refractivity contribution in [1.29, 1.82) is 0 Å². The van der Waals surface area contributed by atoms with Crippen molar-refractivity contribution >= 4 is 39.8 Å². The van der Waals surface area contributed by atoms with Crippen LogP contribution in [-0.2, 0) is 0 Å². The number of thiophene rings is 1. The second-order valence-corrected chi connectivity index (χ2v) is 9.85. The molecule has 116 valence electrons. The van der Waals surface area contributed by atoms with Crippen molar-refractivity contribution in [3.8, 4) is 0 Å². The average Bonchev–Trinajstić information content (AvgIpc) is 3.20. The molecule has 0 fully saturated rings. The van der Waals surface area contributed by atoms with E-state index in [9.17, 15) is 0 Å². The Morgan fingerprint density at radius 2 is 0.875 bits per heavy atom. The first-order valence-electron chi connectivity index (χ1n) is 8.01. The largest absolute Gasteiger partial charge is 0.148 e. The summed E-state index contributed by atoms with van der Waals surface area (Å²) in [4.78, 5) is 0. The van der Waals surface area contributed by atoms with Crippen LogP contribution in [0, 0.1) is 0 Å². The fourth-order valence-electron chi connectivity index (χ4n) is 3.30. The van der Waals surface area contributed by atoms with Crippen LogP contribution in [0.25, 0.3) is 0 Å². The number of hydrogen-bond acceptors (Lipinski definition) is 1. The maximum absolute atomic E-state index is 2.32. The molecule has 1 aromatic heterocycles. The van der Waals surface area contributed by atoms with Gasteiger partial charge in [0.15, 0.2) is 0 Å². The maximum Gasteiger partial charge on any atom is 0.145 e. The smallest absolute Gasteiger partial charge is 0.145 e. The second kappa shape index (κ2) is 6.73. The molecule has 0 aliphatic heterocycles. The van der Waals surface area contributed by atoms with Crippen molar-refractivity contribution in [1.82, 2.24) is 0 Å². The molecule has 1 heterocycles. The van der Waals surface area contributed by atoms with Gasteiger partial charge in [-0.05, 0) is 47.8 Å². The first kappa shape index (κ1) is 15.3. The molecule has 0 saturated heterocycles. The molecule has 3 aromatic carbocycles. The summed E-state index contributed by atoms with van der Waals surface area (Å²) >= 11 is 1.78. The Morgan fingerprint density at radius 3 is 1.21 bits per heavy atom. The molecule has 0 nitrogen and oxygen atoms in total. The molecular formula is C22H18PS+. The SMILES string of the molecule is c1ccc([P+](c2ccccc2)(c2ccccc2)c2ccsc2)cc1. The van der Waals surface area contributed by atoms with E-state index in [4.69, 9.17) is 0 Å². The molecule has 0 aliphatic carbocycles. The van der Waals surface area contributed by atoms with Gasteiger partial charge in [0.25, 0.3) is 0 Å². The lowest BCUT2D eigenvalue weighted by atomic mass is 10.4. The molecule has 4 aromatic rings. The Hall–Kier alpha value is -2.21. The van der Waals surface area contributed by atoms with E-state index in [0.29, 0.717) is 0 Å². The van der Waals surface area contributed by atoms with E-state index >= 15 is 0 Å². The third kappa shape index (κ3) is 2.51. The van der Waals surface area contributed by atoms with Gasteiger partial charge in [-0.15, -0.1) is 11.3 Å². The lowest BCUT2D eigenvalue weighted by Gasteiger charge is -2.26. The molecule has 0 spiro atoms. The summed E-state index contributed by atoms with van der Waals surface area (Å²) in [5.74, 6) is 0. The lowest BCUT2D eigenvalue weighted by molar-refractivity contribution is 1.72. The van der Waals surface area contributed by atoms with Gasteiger partial charge in [0.1, 0.15) is 28.5 Å². The number of hydrogen-bond donors (Lipinski definition) is 0. The molecule has 0 radical (unpaired) electrons. The molecular weight excluding hydrogens is 327 g/mol. The Balaban J connectivity index is 2.12. The van der Waals surface area contributed by atoms with Gasteiger partial charge in [0, 0.05) is 5.38 Å². The Labute approximate surface area is 147 Å². The zero-order chi connectivity index (χ0) is 16.2. The highest BCUT2D eigenvalue weighted by Crippen LogP contribution is 2.54. The van der Waals surface area contributed by atoms with Crippen molar-refractivity contribution < 1.29 is 0 Å². The minimum absolute atomic E-state index is 1.40. The molecule has 24 heavy (non-hydrogen) atoms. The van der Waals surface area contributed by atoms with Crippen LogP contribution in [0.1, 0.15) is 0 Å². The Morgan fingerprint density at radius 1 is 0.458 bits per heavy atom. The van der Waals surface area contributed by atoms with Crippen molar-refractivity contribution in [2.45, 2.75) is 0 Å². The summed E-state index contributed by atoms with van der Waals surface area (Å²) in [6.07, 6.45) is 0. The zero-order valence-electron chi connectivity index (χ0n) is 13.2. The van der Waals surface area contributed by atoms with Crippen LogP contribution >= 0.6 is 18.6 Å². The summed E-state index contributed by atoms with van der Waals surface area (Å²) < 4.78 is 0. The third-order valence-corrected chi connectivity index (χ3v) is 9.45. The van der Waals surface area contributed by atoms with Gasteiger partial charge in [0.2, 0.25) is 0 Å². The fraction of sp³-hybridized carbons (Fsp3) is 0. The van der Waals surface area contributed by atoms with E-state index < -0.39 is 7.26 Å². The highest BCUT2D eigenvalue weighted by Gasteiger charge is 2.47. The van der Waals surface area contributed by atoms with E-state index in [-0.39, 0.29) is 0 Å². The van der Waals surface area contributed by atoms with Gasteiger partial charge in [-0.1, -0.05) is 54.6 Å². The number of benzene rings is 3. The van der Waals surface area contributed by atoms with E-state index in [1.165, 1.54) is 21.2 Å². The summed E-state index contributed by atoms with van der Waals surface area (Å²) in [6, 6.07) is 35.2. The van der Waals surface area contributed by atoms with Crippen LogP contribution in [-0.4, -0.2) is 0 Å². The van der Waals surface area contributed by atoms with Crippen LogP contribution in [0.5, 0.6) is 0 Å². The molecule has 0 saturated carbocycles. The molecule has 0 aliphatic rings. The first-order valence-corrected chi connectivity index (χ1v) is 10.7. The molecule has 2 heteroatoms. The van der Waals surface area contributed by atoms with Gasteiger partial charge in [0.05, 0.1) is 0 Å². The zero-order valence-corrected chi connectivity index (χ0v) is 15.0. The quantitative estimate of drug-likeness (QED) is 0.482. The predicted molar refractivity (Wildman–Crippen MR) is 109 cm³/mol. The van der Waals surface area contributed by atoms with Crippen LogP contribution in [0.3, 0.4) is 0 Å². The molecule has 0 unspecified atom stereocenters. The van der Waals surface area contributed by atoms with E-state index in [0.717, 1.165) is 0 Å². The van der Waals surface area contributed by atoms with Crippen LogP contribution in [0.15, 0.2) is 108 Å². The van der Waals surface area contributed by atoms with Crippen molar-refractivity contribution in [3.63, 3.8) is 0 Å². The van der Waals surface area contributed by atoms with E-state index in [1.807, 2.05) is 0 Å². The molecule has 0 bridgehead atoms. The number of rotatable bonds is 4. The predicted octanol–water partition coefficient (Wildman–Crippen LogP) is 4.37. The summed E-state index contributed by atoms with van der Waals surface area (Å²) in [5.41, 5.74) is 0. The van der Waals surface area contributed by atoms with E-state index in [1.54, 1.807) is 11.3 Å². The minimum Gasteiger partial charge on any atom is -0.148 e. The normalized spacial score (nSPS) is 11.3. The summed E-state index contributed by atoms with van der Waals surface area (Å²) in [5, 5.41) is 10.2. The minimum atomic E-state index is -1.85. The van der Waals surface area contributed by atoms with Crippen molar-refractivity contribution in [2.24, 2.45) is 0 Å². The standard InChI is InChI=1S/C22H18PS/c1-4-10-19(11-5-1)23(22-16-17-24-18-22,20-12-6-2-7-13-20)21-14-8-3-9-15-21/h1-18H/q+1. The average molecular weight is 345 g/mol. The van der Waals surface area contributed by atoms with Crippen LogP contribution < -0.4 is 21.2 Å². The molecule has 0 amide bonds. The van der Waals surface area contributed by atoms with Gasteiger partial charge >= 0.3 is 0 Å². The van der Waals surface area contributed by atoms with Gasteiger partial charge in [-0.3, -0.25) is 0 Å². The van der Waals surface area contributed by atoms with Gasteiger partial charge < -0.3 is 0 Å². The first-order chi connectivity index (χ1) is 11.9. The van der Waals surface area contributed by atoms with Crippen LogP contribution in [0.2, 0.25) is 0 Å². The van der Waals surface area contributed by atoms with E-state index in [2.05, 4.69) is 108 Å². The fourth-order valence-corrected chi connectivity index (χ4v) is 8.68. The summed E-state index contributed by atoms with van der Waals surface area (Å²) in [7, 11) is -1.85.